The molecule has 3 aliphatic rings. The van der Waals surface area contributed by atoms with E-state index in [1.807, 2.05) is 6.07 Å². The van der Waals surface area contributed by atoms with Gasteiger partial charge in [0.1, 0.15) is 5.60 Å². The molecule has 3 fully saturated rings. The number of sulfone groups is 1. The van der Waals surface area contributed by atoms with E-state index in [1.165, 1.54) is 24.3 Å². The van der Waals surface area contributed by atoms with Crippen LogP contribution in [0.4, 0.5) is 10.5 Å². The Kier molecular flexibility index (Phi) is 6.18. The van der Waals surface area contributed by atoms with Gasteiger partial charge < -0.3 is 14.5 Å². The van der Waals surface area contributed by atoms with Crippen molar-refractivity contribution in [2.45, 2.75) is 61.8 Å². The second-order valence-electron chi connectivity index (χ2n) is 9.77. The van der Waals surface area contributed by atoms with Crippen LogP contribution in [0.2, 0.25) is 5.02 Å². The van der Waals surface area contributed by atoms with Crippen molar-refractivity contribution in [2.75, 3.05) is 44.2 Å². The molecule has 7 nitrogen and oxygen atoms in total. The Morgan fingerprint density at radius 2 is 1.87 bits per heavy atom. The molecule has 0 bridgehead atoms. The number of benzene rings is 1. The van der Waals surface area contributed by atoms with E-state index in [-0.39, 0.29) is 16.5 Å². The number of hydrogen-bond acceptors (Lipinski definition) is 6. The van der Waals surface area contributed by atoms with E-state index in [0.29, 0.717) is 19.0 Å². The molecule has 0 N–H and O–H groups in total. The fraction of sp³-hybridized carbons (Fsp3) is 0.682. The number of hydrogen-bond donors (Lipinski definition) is 0. The third-order valence-corrected chi connectivity index (χ3v) is 9.07. The summed E-state index contributed by atoms with van der Waals surface area (Å²) in [6.07, 6.45) is 2.37. The highest BCUT2D eigenvalue weighted by Gasteiger charge is 2.39. The van der Waals surface area contributed by atoms with Crippen molar-refractivity contribution in [2.24, 2.45) is 0 Å². The van der Waals surface area contributed by atoms with Crippen molar-refractivity contribution >= 4 is 33.2 Å². The number of fused-ring (bicyclic) bond motifs is 1. The van der Waals surface area contributed by atoms with Crippen LogP contribution in [0.25, 0.3) is 0 Å². The number of amides is 1. The Morgan fingerprint density at radius 1 is 1.10 bits per heavy atom. The zero-order chi connectivity index (χ0) is 22.4. The van der Waals surface area contributed by atoms with Crippen LogP contribution < -0.4 is 4.90 Å². The average molecular weight is 470 g/mol. The van der Waals surface area contributed by atoms with Crippen LogP contribution in [-0.4, -0.2) is 80.5 Å². The minimum absolute atomic E-state index is 0.124. The van der Waals surface area contributed by atoms with E-state index in [4.69, 9.17) is 16.3 Å². The standard InChI is InChI=1S/C22H32ClN3O4S/c1-22(2,3)30-21(27)26-10-8-18(15-26)31(28,29)20-7-6-16(13-19(20)23)25-12-11-24-9-4-5-17(24)14-25/h6-7,13,17-18H,4-5,8-12,14-15H2,1-3H3/t17-,18-/m0/s1. The van der Waals surface area contributed by atoms with Crippen LogP contribution >= 0.6 is 11.6 Å². The van der Waals surface area contributed by atoms with Gasteiger partial charge in [0.15, 0.2) is 9.84 Å². The number of carbonyl (C=O) groups is 1. The second kappa shape index (κ2) is 8.45. The third-order valence-electron chi connectivity index (χ3n) is 6.41. The molecule has 0 saturated carbocycles. The molecule has 0 aliphatic carbocycles. The first kappa shape index (κ1) is 22.7. The normalized spacial score (nSPS) is 25.0. The Bertz CT molecular complexity index is 947. The number of piperazine rings is 1. The second-order valence-corrected chi connectivity index (χ2v) is 12.4. The monoisotopic (exact) mass is 469 g/mol. The molecule has 3 aliphatic heterocycles. The molecule has 4 rings (SSSR count). The van der Waals surface area contributed by atoms with E-state index >= 15 is 0 Å². The predicted octanol–water partition coefficient (Wildman–Crippen LogP) is 3.41. The third kappa shape index (κ3) is 4.81. The van der Waals surface area contributed by atoms with Gasteiger partial charge in [0.2, 0.25) is 0 Å². The van der Waals surface area contributed by atoms with Crippen LogP contribution in [-0.2, 0) is 14.6 Å². The number of carbonyl (C=O) groups excluding carboxylic acids is 1. The number of likely N-dealkylation sites (tertiary alicyclic amines) is 1. The maximum absolute atomic E-state index is 13.3. The smallest absolute Gasteiger partial charge is 0.410 e. The SMILES string of the molecule is CC(C)(C)OC(=O)N1CC[C@H](S(=O)(=O)c2ccc(N3CCN4CCC[C@H]4C3)cc2Cl)C1. The average Bonchev–Trinajstić information content (AvgIpc) is 3.35. The van der Waals surface area contributed by atoms with Crippen molar-refractivity contribution in [3.63, 3.8) is 0 Å². The summed E-state index contributed by atoms with van der Waals surface area (Å²) in [7, 11) is -3.65. The number of nitrogens with zero attached hydrogens (tertiary/aromatic N) is 3. The summed E-state index contributed by atoms with van der Waals surface area (Å²) in [5, 5.41) is -0.424. The molecule has 0 spiro atoms. The molecule has 9 heteroatoms. The predicted molar refractivity (Wildman–Crippen MR) is 122 cm³/mol. The highest BCUT2D eigenvalue weighted by molar-refractivity contribution is 7.92. The Balaban J connectivity index is 1.46. The van der Waals surface area contributed by atoms with Crippen molar-refractivity contribution in [3.8, 4) is 0 Å². The van der Waals surface area contributed by atoms with Gasteiger partial charge in [0.05, 0.1) is 15.2 Å². The first-order valence-corrected chi connectivity index (χ1v) is 13.0. The molecule has 0 unspecified atom stereocenters. The van der Waals surface area contributed by atoms with Crippen LogP contribution in [0, 0.1) is 0 Å². The Hall–Kier alpha value is -1.51. The largest absolute Gasteiger partial charge is 0.444 e. The lowest BCUT2D eigenvalue weighted by atomic mass is 10.1. The molecule has 1 amide bonds. The van der Waals surface area contributed by atoms with E-state index in [2.05, 4.69) is 9.80 Å². The summed E-state index contributed by atoms with van der Waals surface area (Å²) < 4.78 is 31.9. The van der Waals surface area contributed by atoms with Gasteiger partial charge >= 0.3 is 6.09 Å². The molecule has 0 radical (unpaired) electrons. The molecule has 2 atom stereocenters. The lowest BCUT2D eigenvalue weighted by Crippen LogP contribution is -2.50. The van der Waals surface area contributed by atoms with Crippen LogP contribution in [0.5, 0.6) is 0 Å². The van der Waals surface area contributed by atoms with Crippen molar-refractivity contribution in [1.82, 2.24) is 9.80 Å². The van der Waals surface area contributed by atoms with E-state index in [0.717, 1.165) is 25.3 Å². The van der Waals surface area contributed by atoms with Gasteiger partial charge in [-0.3, -0.25) is 4.90 Å². The minimum Gasteiger partial charge on any atom is -0.444 e. The summed E-state index contributed by atoms with van der Waals surface area (Å²) >= 11 is 6.49. The van der Waals surface area contributed by atoms with Gasteiger partial charge in [-0.15, -0.1) is 0 Å². The molecular weight excluding hydrogens is 438 g/mol. The Labute approximate surface area is 190 Å². The van der Waals surface area contributed by atoms with Crippen LogP contribution in [0.3, 0.4) is 0 Å². The Morgan fingerprint density at radius 3 is 2.58 bits per heavy atom. The summed E-state index contributed by atoms with van der Waals surface area (Å²) in [5.41, 5.74) is 0.356. The molecule has 3 heterocycles. The lowest BCUT2D eigenvalue weighted by Gasteiger charge is -2.39. The lowest BCUT2D eigenvalue weighted by molar-refractivity contribution is 0.0295. The van der Waals surface area contributed by atoms with Gasteiger partial charge in [-0.05, 0) is 64.8 Å². The molecule has 1 aromatic rings. The fourth-order valence-corrected chi connectivity index (χ4v) is 7.03. The van der Waals surface area contributed by atoms with Crippen molar-refractivity contribution < 1.29 is 17.9 Å². The van der Waals surface area contributed by atoms with E-state index < -0.39 is 26.8 Å². The number of rotatable bonds is 3. The van der Waals surface area contributed by atoms with Gasteiger partial charge in [-0.25, -0.2) is 13.2 Å². The summed E-state index contributed by atoms with van der Waals surface area (Å²) in [6, 6.07) is 5.85. The number of ether oxygens (including phenoxy) is 1. The number of anilines is 1. The maximum Gasteiger partial charge on any atom is 0.410 e. The molecular formula is C22H32ClN3O4S. The van der Waals surface area contributed by atoms with Gasteiger partial charge in [-0.1, -0.05) is 11.6 Å². The molecule has 31 heavy (non-hydrogen) atoms. The molecule has 3 saturated heterocycles. The van der Waals surface area contributed by atoms with Crippen molar-refractivity contribution in [1.29, 1.82) is 0 Å². The molecule has 0 aromatic heterocycles. The quantitative estimate of drug-likeness (QED) is 0.675. The first-order valence-electron chi connectivity index (χ1n) is 11.0. The topological polar surface area (TPSA) is 70.2 Å². The van der Waals surface area contributed by atoms with Crippen LogP contribution in [0.15, 0.2) is 23.1 Å². The zero-order valence-electron chi connectivity index (χ0n) is 18.5. The molecule has 172 valence electrons. The van der Waals surface area contributed by atoms with Gasteiger partial charge in [0.25, 0.3) is 0 Å². The van der Waals surface area contributed by atoms with Crippen molar-refractivity contribution in [3.05, 3.63) is 23.2 Å². The van der Waals surface area contributed by atoms with Gasteiger partial charge in [0, 0.05) is 44.5 Å². The minimum atomic E-state index is -3.65. The number of halogens is 1. The summed E-state index contributed by atoms with van der Waals surface area (Å²) in [5.74, 6) is 0. The fourth-order valence-electron chi connectivity index (χ4n) is 4.80. The molecule has 1 aromatic carbocycles. The van der Waals surface area contributed by atoms with Gasteiger partial charge in [-0.2, -0.15) is 0 Å². The first-order chi connectivity index (χ1) is 14.5. The van der Waals surface area contributed by atoms with Crippen LogP contribution in [0.1, 0.15) is 40.0 Å². The summed E-state index contributed by atoms with van der Waals surface area (Å²) in [4.78, 5) is 18.8. The van der Waals surface area contributed by atoms with E-state index in [9.17, 15) is 13.2 Å². The van der Waals surface area contributed by atoms with E-state index in [1.54, 1.807) is 32.9 Å². The zero-order valence-corrected chi connectivity index (χ0v) is 20.1. The summed E-state index contributed by atoms with van der Waals surface area (Å²) in [6.45, 7) is 9.96. The highest BCUT2D eigenvalue weighted by atomic mass is 35.5. The maximum atomic E-state index is 13.3. The highest BCUT2D eigenvalue weighted by Crippen LogP contribution is 2.34.